The van der Waals surface area contributed by atoms with Crippen molar-refractivity contribution in [2.45, 2.75) is 64.5 Å². The Morgan fingerprint density at radius 2 is 1.85 bits per heavy atom. The molecule has 1 atom stereocenters. The average molecular weight is 545 g/mol. The van der Waals surface area contributed by atoms with Crippen molar-refractivity contribution in [1.29, 1.82) is 0 Å². The Kier molecular flexibility index (Phi) is 7.23. The van der Waals surface area contributed by atoms with Crippen LogP contribution in [-0.2, 0) is 17.7 Å². The van der Waals surface area contributed by atoms with Crippen molar-refractivity contribution >= 4 is 16.9 Å². The van der Waals surface area contributed by atoms with E-state index in [9.17, 15) is 14.0 Å². The molecule has 2 aromatic heterocycles. The Bertz CT molecular complexity index is 1600. The van der Waals surface area contributed by atoms with Crippen molar-refractivity contribution in [1.82, 2.24) is 19.6 Å². The van der Waals surface area contributed by atoms with Gasteiger partial charge in [0.25, 0.3) is 5.56 Å². The Balaban J connectivity index is 1.10. The smallest absolute Gasteiger partial charge is 0.338 e. The topological polar surface area (TPSA) is 90.5 Å². The number of esters is 1. The zero-order chi connectivity index (χ0) is 27.8. The lowest BCUT2D eigenvalue weighted by Gasteiger charge is -2.31. The van der Waals surface area contributed by atoms with Gasteiger partial charge in [-0.2, -0.15) is 0 Å². The fraction of sp³-hybridized carbons (Fsp3) is 0.419. The van der Waals surface area contributed by atoms with E-state index in [4.69, 9.17) is 14.2 Å². The summed E-state index contributed by atoms with van der Waals surface area (Å²) < 4.78 is 26.4. The molecule has 9 heteroatoms. The van der Waals surface area contributed by atoms with Gasteiger partial charge in [-0.3, -0.25) is 9.36 Å². The summed E-state index contributed by atoms with van der Waals surface area (Å²) in [6.07, 6.45) is 3.32. The molecular weight excluding hydrogens is 511 g/mol. The van der Waals surface area contributed by atoms with Crippen molar-refractivity contribution in [2.24, 2.45) is 0 Å². The summed E-state index contributed by atoms with van der Waals surface area (Å²) in [6.45, 7) is 6.95. The third kappa shape index (κ3) is 5.18. The molecule has 1 fully saturated rings. The van der Waals surface area contributed by atoms with E-state index in [2.05, 4.69) is 10.1 Å². The molecule has 208 valence electrons. The van der Waals surface area contributed by atoms with Crippen LogP contribution in [0.15, 0.2) is 51.8 Å². The van der Waals surface area contributed by atoms with Gasteiger partial charge in [0, 0.05) is 41.7 Å². The first-order valence-corrected chi connectivity index (χ1v) is 14.0. The number of benzene rings is 2. The van der Waals surface area contributed by atoms with Crippen molar-refractivity contribution < 1.29 is 18.4 Å². The van der Waals surface area contributed by atoms with Crippen molar-refractivity contribution in [2.75, 3.05) is 19.6 Å². The number of aromatic nitrogens is 3. The molecular formula is C31H33FN4O4. The number of piperidine rings is 1. The first-order valence-electron chi connectivity index (χ1n) is 14.0. The summed E-state index contributed by atoms with van der Waals surface area (Å²) >= 11 is 0. The Labute approximate surface area is 231 Å². The lowest BCUT2D eigenvalue weighted by atomic mass is 9.91. The predicted molar refractivity (Wildman–Crippen MR) is 148 cm³/mol. The van der Waals surface area contributed by atoms with Crippen LogP contribution in [0.5, 0.6) is 0 Å². The number of aryl methyl sites for hydroxylation is 2. The molecule has 1 saturated heterocycles. The van der Waals surface area contributed by atoms with E-state index in [0.29, 0.717) is 42.1 Å². The normalized spacial score (nSPS) is 18.1. The van der Waals surface area contributed by atoms with E-state index in [-0.39, 0.29) is 17.3 Å². The zero-order valence-corrected chi connectivity index (χ0v) is 22.9. The molecule has 0 amide bonds. The molecule has 4 heterocycles. The van der Waals surface area contributed by atoms with Crippen LogP contribution >= 0.6 is 0 Å². The van der Waals surface area contributed by atoms with Crippen LogP contribution in [0, 0.1) is 19.7 Å². The van der Waals surface area contributed by atoms with Crippen LogP contribution in [0.25, 0.3) is 11.0 Å². The molecule has 6 rings (SSSR count). The van der Waals surface area contributed by atoms with Crippen molar-refractivity contribution in [3.63, 3.8) is 0 Å². The molecule has 2 aliphatic heterocycles. The third-order valence-corrected chi connectivity index (χ3v) is 8.29. The monoisotopic (exact) mass is 544 g/mol. The van der Waals surface area contributed by atoms with Crippen LogP contribution in [0.1, 0.15) is 76.4 Å². The van der Waals surface area contributed by atoms with Gasteiger partial charge in [0.05, 0.1) is 11.3 Å². The maximum absolute atomic E-state index is 13.5. The second-order valence-electron chi connectivity index (χ2n) is 11.0. The zero-order valence-electron chi connectivity index (χ0n) is 22.9. The predicted octanol–water partition coefficient (Wildman–Crippen LogP) is 5.25. The average Bonchev–Trinajstić information content (AvgIpc) is 3.37. The van der Waals surface area contributed by atoms with E-state index >= 15 is 0 Å². The highest BCUT2D eigenvalue weighted by atomic mass is 19.1. The van der Waals surface area contributed by atoms with Crippen LogP contribution in [-0.4, -0.2) is 45.2 Å². The molecule has 2 aromatic carbocycles. The lowest BCUT2D eigenvalue weighted by molar-refractivity contribution is 0.0199. The van der Waals surface area contributed by atoms with Gasteiger partial charge in [0.1, 0.15) is 5.82 Å². The fourth-order valence-electron chi connectivity index (χ4n) is 5.96. The van der Waals surface area contributed by atoms with Gasteiger partial charge < -0.3 is 14.2 Å². The highest BCUT2D eigenvalue weighted by Gasteiger charge is 2.29. The molecule has 0 saturated carbocycles. The molecule has 2 aliphatic rings. The summed E-state index contributed by atoms with van der Waals surface area (Å²) in [5.74, 6) is 0.0778. The van der Waals surface area contributed by atoms with Crippen LogP contribution in [0.4, 0.5) is 4.39 Å². The van der Waals surface area contributed by atoms with Crippen LogP contribution < -0.4 is 5.56 Å². The first-order chi connectivity index (χ1) is 19.4. The molecule has 40 heavy (non-hydrogen) atoms. The van der Waals surface area contributed by atoms with Crippen molar-refractivity contribution in [3.8, 4) is 0 Å². The van der Waals surface area contributed by atoms with Gasteiger partial charge in [-0.25, -0.2) is 14.2 Å². The molecule has 4 aromatic rings. The number of halogens is 1. The van der Waals surface area contributed by atoms with E-state index < -0.39 is 12.1 Å². The number of likely N-dealkylation sites (tertiary alicyclic amines) is 1. The molecule has 0 radical (unpaired) electrons. The molecule has 0 aliphatic carbocycles. The van der Waals surface area contributed by atoms with Gasteiger partial charge in [0.15, 0.2) is 17.5 Å². The van der Waals surface area contributed by atoms with E-state index in [0.717, 1.165) is 61.1 Å². The molecule has 0 N–H and O–H groups in total. The van der Waals surface area contributed by atoms with Gasteiger partial charge in [-0.05, 0) is 83.3 Å². The maximum Gasteiger partial charge on any atom is 0.338 e. The summed E-state index contributed by atoms with van der Waals surface area (Å²) in [7, 11) is 0. The third-order valence-electron chi connectivity index (χ3n) is 8.29. The molecule has 8 nitrogen and oxygen atoms in total. The Morgan fingerprint density at radius 1 is 1.07 bits per heavy atom. The van der Waals surface area contributed by atoms with Gasteiger partial charge in [0.2, 0.25) is 0 Å². The SMILES string of the molecule is Cc1ccc(C(=O)OC2CCCn3c2nc(C)c(CCN2CCC(c4noc5cc(F)ccc45)CC2)c3=O)cc1. The van der Waals surface area contributed by atoms with Gasteiger partial charge in [-0.1, -0.05) is 22.9 Å². The second-order valence-corrected chi connectivity index (χ2v) is 11.0. The van der Waals surface area contributed by atoms with Crippen LogP contribution in [0.3, 0.4) is 0 Å². The standard InChI is InChI=1S/C31H33FN4O4/c1-19-5-7-22(8-6-19)31(38)39-26-4-3-14-36-29(26)33-20(2)24(30(36)37)13-17-35-15-11-21(12-16-35)28-25-10-9-23(32)18-27(25)40-34-28/h5-10,18,21,26H,3-4,11-17H2,1-2H3. The number of ether oxygens (including phenoxy) is 1. The largest absolute Gasteiger partial charge is 0.451 e. The Morgan fingerprint density at radius 3 is 2.62 bits per heavy atom. The highest BCUT2D eigenvalue weighted by molar-refractivity contribution is 5.89. The maximum atomic E-state index is 13.5. The lowest BCUT2D eigenvalue weighted by Crippen LogP contribution is -2.38. The summed E-state index contributed by atoms with van der Waals surface area (Å²) in [5, 5.41) is 5.12. The van der Waals surface area contributed by atoms with E-state index in [1.165, 1.54) is 12.1 Å². The van der Waals surface area contributed by atoms with Crippen LogP contribution in [0.2, 0.25) is 0 Å². The van der Waals surface area contributed by atoms with E-state index in [1.807, 2.05) is 26.0 Å². The number of hydrogen-bond acceptors (Lipinski definition) is 7. The minimum absolute atomic E-state index is 0.0326. The summed E-state index contributed by atoms with van der Waals surface area (Å²) in [5.41, 5.74) is 4.34. The minimum Gasteiger partial charge on any atom is -0.451 e. The number of nitrogens with zero attached hydrogens (tertiary/aromatic N) is 4. The first kappa shape index (κ1) is 26.4. The quantitative estimate of drug-likeness (QED) is 0.306. The van der Waals surface area contributed by atoms with Crippen molar-refractivity contribution in [3.05, 3.63) is 92.5 Å². The number of rotatable bonds is 6. The summed E-state index contributed by atoms with van der Waals surface area (Å²) in [6, 6.07) is 11.8. The second kappa shape index (κ2) is 11.0. The molecule has 0 spiro atoms. The fourth-order valence-corrected chi connectivity index (χ4v) is 5.96. The molecule has 0 bridgehead atoms. The number of fused-ring (bicyclic) bond motifs is 2. The van der Waals surface area contributed by atoms with Gasteiger partial charge >= 0.3 is 5.97 Å². The number of carbonyl (C=O) groups excluding carboxylic acids is 1. The highest BCUT2D eigenvalue weighted by Crippen LogP contribution is 2.33. The minimum atomic E-state index is -0.536. The van der Waals surface area contributed by atoms with Gasteiger partial charge in [-0.15, -0.1) is 0 Å². The number of hydrogen-bond donors (Lipinski definition) is 0. The summed E-state index contributed by atoms with van der Waals surface area (Å²) in [4.78, 5) is 33.4. The Hall–Kier alpha value is -3.85. The number of carbonyl (C=O) groups is 1. The van der Waals surface area contributed by atoms with E-state index in [1.54, 1.807) is 22.8 Å². The molecule has 1 unspecified atom stereocenters.